The van der Waals surface area contributed by atoms with Gasteiger partial charge in [-0.2, -0.15) is 19.2 Å². The largest absolute Gasteiger partial charge is 0.443 e. The first-order valence-corrected chi connectivity index (χ1v) is 20.5. The van der Waals surface area contributed by atoms with E-state index in [0.29, 0.717) is 49.9 Å². The molecule has 6 heterocycles. The third-order valence-corrected chi connectivity index (χ3v) is 9.57. The topological polar surface area (TPSA) is 145 Å². The zero-order chi connectivity index (χ0) is 44.9. The number of benzene rings is 2. The van der Waals surface area contributed by atoms with Crippen LogP contribution in [0.4, 0.5) is 30.0 Å². The van der Waals surface area contributed by atoms with E-state index in [1.54, 1.807) is 133 Å². The fourth-order valence-corrected chi connectivity index (χ4v) is 6.62. The summed E-state index contributed by atoms with van der Waals surface area (Å²) in [5, 5.41) is 8.68. The molecule has 0 saturated heterocycles. The van der Waals surface area contributed by atoms with Crippen molar-refractivity contribution in [2.75, 3.05) is 9.80 Å². The summed E-state index contributed by atoms with van der Waals surface area (Å²) in [6.07, 6.45) is 8.67. The molecule has 0 atom stereocenters. The van der Waals surface area contributed by atoms with Crippen LogP contribution in [0.3, 0.4) is 0 Å². The number of amides is 2. The lowest BCUT2D eigenvalue weighted by atomic mass is 10.1. The van der Waals surface area contributed by atoms with Crippen molar-refractivity contribution >= 4 is 51.0 Å². The molecule has 0 bridgehead atoms. The molecule has 0 aliphatic carbocycles. The highest BCUT2D eigenvalue weighted by molar-refractivity contribution is 9.10. The Morgan fingerprint density at radius 2 is 1.08 bits per heavy atom. The van der Waals surface area contributed by atoms with Crippen LogP contribution in [0.25, 0.3) is 33.8 Å². The van der Waals surface area contributed by atoms with Crippen molar-refractivity contribution in [3.63, 3.8) is 0 Å². The van der Waals surface area contributed by atoms with Crippen LogP contribution in [0.15, 0.2) is 133 Å². The zero-order valence-electron chi connectivity index (χ0n) is 35.3. The molecule has 0 spiro atoms. The van der Waals surface area contributed by atoms with Crippen LogP contribution >= 0.6 is 15.9 Å². The van der Waals surface area contributed by atoms with Gasteiger partial charge in [-0.15, -0.1) is 0 Å². The molecule has 2 aromatic carbocycles. The minimum Gasteiger partial charge on any atom is -0.443 e. The van der Waals surface area contributed by atoms with E-state index in [1.165, 1.54) is 31.0 Å². The number of halogens is 3. The van der Waals surface area contributed by atoms with Crippen molar-refractivity contribution in [1.82, 2.24) is 39.2 Å². The van der Waals surface area contributed by atoms with E-state index in [-0.39, 0.29) is 13.1 Å². The molecule has 0 unspecified atom stereocenters. The van der Waals surface area contributed by atoms with Crippen molar-refractivity contribution in [3.05, 3.63) is 155 Å². The lowest BCUT2D eigenvalue weighted by Gasteiger charge is -2.28. The van der Waals surface area contributed by atoms with Gasteiger partial charge in [0.15, 0.2) is 11.3 Å². The van der Waals surface area contributed by atoms with Crippen LogP contribution in [0.5, 0.6) is 0 Å². The standard InChI is InChI=1S/C23H21BrFN5O2.C23H22FN5O2/c1-23(2,3)32-22(31)29(14-15-8-10-26-11-9-15)20-12-19(16-6-4-5-7-18(16)25)28-21-17(24)13-27-30(20)21;1-23(2,3)31-22(30)28(15-16-8-11-25-12-9-16)21-14-19(17-6-4-5-7-18(17)24)27-20-10-13-26-29(20)21/h4-13H,14H2,1-3H3;4-14H,15H2,1-3H3. The third-order valence-electron chi connectivity index (χ3n) is 9.01. The fraction of sp³-hybridized carbons (Fsp3) is 0.217. The number of carbonyl (C=O) groups is 2. The van der Waals surface area contributed by atoms with Gasteiger partial charge in [0, 0.05) is 54.1 Å². The quantitative estimate of drug-likeness (QED) is 0.144. The highest BCUT2D eigenvalue weighted by Crippen LogP contribution is 2.32. The van der Waals surface area contributed by atoms with Crippen LogP contribution in [0.2, 0.25) is 0 Å². The third kappa shape index (κ3) is 10.7. The summed E-state index contributed by atoms with van der Waals surface area (Å²) in [6.45, 7) is 11.2. The zero-order valence-corrected chi connectivity index (χ0v) is 36.9. The number of hydrogen-bond donors (Lipinski definition) is 0. The van der Waals surface area contributed by atoms with Gasteiger partial charge in [0.25, 0.3) is 0 Å². The number of rotatable bonds is 8. The minimum atomic E-state index is -0.710. The summed E-state index contributed by atoms with van der Waals surface area (Å²) in [6, 6.07) is 25.0. The van der Waals surface area contributed by atoms with E-state index < -0.39 is 35.0 Å². The monoisotopic (exact) mass is 916 g/mol. The van der Waals surface area contributed by atoms with Crippen molar-refractivity contribution in [2.24, 2.45) is 0 Å². The number of hydrogen-bond acceptors (Lipinski definition) is 10. The molecule has 8 aromatic rings. The molecule has 17 heteroatoms. The Labute approximate surface area is 370 Å². The number of pyridine rings is 2. The van der Waals surface area contributed by atoms with Crippen LogP contribution < -0.4 is 9.80 Å². The summed E-state index contributed by atoms with van der Waals surface area (Å²) in [5.74, 6) is -0.00372. The lowest BCUT2D eigenvalue weighted by molar-refractivity contribution is 0.0564. The average Bonchev–Trinajstić information content (AvgIpc) is 3.88. The maximum Gasteiger partial charge on any atom is 0.416 e. The minimum absolute atomic E-state index is 0.199. The van der Waals surface area contributed by atoms with Gasteiger partial charge in [-0.25, -0.2) is 28.3 Å². The summed E-state index contributed by atoms with van der Waals surface area (Å²) in [5.41, 5.74) is 2.64. The molecular weight excluding hydrogens is 874 g/mol. The van der Waals surface area contributed by atoms with Gasteiger partial charge in [-0.05, 0) is 117 Å². The van der Waals surface area contributed by atoms with E-state index in [4.69, 9.17) is 9.47 Å². The second-order valence-corrected chi connectivity index (χ2v) is 17.0. The Morgan fingerprint density at radius 3 is 1.56 bits per heavy atom. The number of aromatic nitrogens is 8. The van der Waals surface area contributed by atoms with Gasteiger partial charge >= 0.3 is 12.2 Å². The molecule has 0 aliphatic rings. The Bertz CT molecular complexity index is 2880. The molecular formula is C46H43BrF2N10O4. The molecule has 0 fully saturated rings. The molecule has 14 nitrogen and oxygen atoms in total. The first-order chi connectivity index (χ1) is 30.0. The van der Waals surface area contributed by atoms with E-state index in [9.17, 15) is 18.4 Å². The van der Waals surface area contributed by atoms with E-state index in [2.05, 4.69) is 46.1 Å². The summed E-state index contributed by atoms with van der Waals surface area (Å²) in [4.78, 5) is 46.6. The van der Waals surface area contributed by atoms with Crippen LogP contribution in [-0.2, 0) is 22.6 Å². The summed E-state index contributed by atoms with van der Waals surface area (Å²) in [7, 11) is 0. The van der Waals surface area contributed by atoms with Crippen molar-refractivity contribution < 1.29 is 27.8 Å². The summed E-state index contributed by atoms with van der Waals surface area (Å²) < 4.78 is 44.1. The average molecular weight is 918 g/mol. The Morgan fingerprint density at radius 1 is 0.619 bits per heavy atom. The molecule has 6 aromatic heterocycles. The number of ether oxygens (including phenoxy) is 2. The van der Waals surface area contributed by atoms with E-state index in [0.717, 1.165) is 11.1 Å². The highest BCUT2D eigenvalue weighted by Gasteiger charge is 2.29. The Kier molecular flexibility index (Phi) is 12.9. The predicted octanol–water partition coefficient (Wildman–Crippen LogP) is 10.5. The van der Waals surface area contributed by atoms with Gasteiger partial charge in [0.2, 0.25) is 0 Å². The first-order valence-electron chi connectivity index (χ1n) is 19.7. The first kappa shape index (κ1) is 43.9. The number of nitrogens with zero attached hydrogens (tertiary/aromatic N) is 10. The predicted molar refractivity (Wildman–Crippen MR) is 238 cm³/mol. The van der Waals surface area contributed by atoms with E-state index >= 15 is 0 Å². The van der Waals surface area contributed by atoms with E-state index in [1.807, 2.05) is 24.3 Å². The normalized spacial score (nSPS) is 11.5. The second kappa shape index (κ2) is 18.5. The SMILES string of the molecule is CC(C)(C)OC(=O)N(Cc1ccncc1)c1cc(-c2ccccc2F)nc2c(Br)cnn12.CC(C)(C)OC(=O)N(Cc1ccncc1)c1cc(-c2ccccc2F)nc2ccnn12. The van der Waals surface area contributed by atoms with Gasteiger partial charge < -0.3 is 9.47 Å². The van der Waals surface area contributed by atoms with Gasteiger partial charge in [0.05, 0.1) is 41.3 Å². The van der Waals surface area contributed by atoms with Crippen LogP contribution in [0, 0.1) is 11.6 Å². The maximum atomic E-state index is 14.6. The summed E-state index contributed by atoms with van der Waals surface area (Å²) >= 11 is 3.45. The number of fused-ring (bicyclic) bond motifs is 2. The molecule has 0 radical (unpaired) electrons. The maximum absolute atomic E-state index is 14.6. The highest BCUT2D eigenvalue weighted by atomic mass is 79.9. The molecule has 0 saturated carbocycles. The molecule has 2 amide bonds. The second-order valence-electron chi connectivity index (χ2n) is 16.1. The molecule has 63 heavy (non-hydrogen) atoms. The Hall–Kier alpha value is -7.14. The van der Waals surface area contributed by atoms with Gasteiger partial charge in [-0.1, -0.05) is 24.3 Å². The molecule has 322 valence electrons. The van der Waals surface area contributed by atoms with Crippen LogP contribution in [0.1, 0.15) is 52.7 Å². The Balaban J connectivity index is 0.000000189. The smallest absolute Gasteiger partial charge is 0.416 e. The fourth-order valence-electron chi connectivity index (χ4n) is 6.27. The number of anilines is 2. The molecule has 0 N–H and O–H groups in total. The van der Waals surface area contributed by atoms with Gasteiger partial charge in [-0.3, -0.25) is 19.8 Å². The number of carbonyl (C=O) groups excluding carboxylic acids is 2. The van der Waals surface area contributed by atoms with Crippen LogP contribution in [-0.4, -0.2) is 62.6 Å². The van der Waals surface area contributed by atoms with Crippen molar-refractivity contribution in [1.29, 1.82) is 0 Å². The molecule has 0 aliphatic heterocycles. The lowest BCUT2D eigenvalue weighted by Crippen LogP contribution is -2.37. The van der Waals surface area contributed by atoms with Crippen molar-refractivity contribution in [3.8, 4) is 22.5 Å². The molecule has 8 rings (SSSR count). The van der Waals surface area contributed by atoms with Crippen molar-refractivity contribution in [2.45, 2.75) is 65.8 Å². The van der Waals surface area contributed by atoms with Gasteiger partial charge in [0.1, 0.15) is 34.5 Å².